The Balaban J connectivity index is 1.35. The van der Waals surface area contributed by atoms with Crippen LogP contribution in [-0.4, -0.2) is 42.9 Å². The summed E-state index contributed by atoms with van der Waals surface area (Å²) in [6, 6.07) is 2.76. The van der Waals surface area contributed by atoms with Crippen molar-refractivity contribution in [3.8, 4) is 0 Å². The summed E-state index contributed by atoms with van der Waals surface area (Å²) in [5.74, 6) is 3.76. The maximum Gasteiger partial charge on any atom is 0.150 e. The minimum absolute atomic E-state index is 0.596. The van der Waals surface area contributed by atoms with Gasteiger partial charge in [-0.25, -0.2) is 0 Å². The van der Waals surface area contributed by atoms with Crippen LogP contribution in [0.15, 0.2) is 12.3 Å². The van der Waals surface area contributed by atoms with Crippen LogP contribution in [0.1, 0.15) is 32.1 Å². The predicted octanol–water partition coefficient (Wildman–Crippen LogP) is 2.12. The standard InChI is InChI=1S/C17H27N5/c1-18-15-4-5-22(11-15)16-8-17(21-20-10-16)19-9-14-7-12-2-3-13(14)6-12/h8,10,12-15,18H,2-7,9,11H2,1H3,(H,19,21)/t12?,13?,14?,15-/m0/s1. The summed E-state index contributed by atoms with van der Waals surface area (Å²) in [7, 11) is 2.04. The number of nitrogens with zero attached hydrogens (tertiary/aromatic N) is 3. The van der Waals surface area contributed by atoms with Crippen LogP contribution >= 0.6 is 0 Å². The minimum Gasteiger partial charge on any atom is -0.369 e. The predicted molar refractivity (Wildman–Crippen MR) is 89.1 cm³/mol. The third-order valence-corrected chi connectivity index (χ3v) is 6.03. The molecule has 2 saturated carbocycles. The maximum absolute atomic E-state index is 4.27. The molecule has 1 aliphatic heterocycles. The molecule has 2 bridgehead atoms. The number of hydrogen-bond acceptors (Lipinski definition) is 5. The normalized spacial score (nSPS) is 33.6. The zero-order chi connectivity index (χ0) is 14.9. The van der Waals surface area contributed by atoms with Gasteiger partial charge >= 0.3 is 0 Å². The van der Waals surface area contributed by atoms with Crippen molar-refractivity contribution in [2.24, 2.45) is 17.8 Å². The van der Waals surface area contributed by atoms with Gasteiger partial charge in [-0.15, -0.1) is 5.10 Å². The van der Waals surface area contributed by atoms with Gasteiger partial charge in [-0.1, -0.05) is 6.42 Å². The number of anilines is 2. The van der Waals surface area contributed by atoms with E-state index in [1.54, 1.807) is 0 Å². The minimum atomic E-state index is 0.596. The first-order valence-electron chi connectivity index (χ1n) is 8.80. The van der Waals surface area contributed by atoms with Gasteiger partial charge in [-0.2, -0.15) is 5.10 Å². The van der Waals surface area contributed by atoms with E-state index in [-0.39, 0.29) is 0 Å². The summed E-state index contributed by atoms with van der Waals surface area (Å²) < 4.78 is 0. The van der Waals surface area contributed by atoms with Gasteiger partial charge in [-0.3, -0.25) is 0 Å². The lowest BCUT2D eigenvalue weighted by Crippen LogP contribution is -2.29. The smallest absolute Gasteiger partial charge is 0.150 e. The molecule has 1 aromatic rings. The highest BCUT2D eigenvalue weighted by molar-refractivity contribution is 5.53. The highest BCUT2D eigenvalue weighted by Crippen LogP contribution is 2.48. The van der Waals surface area contributed by atoms with Crippen molar-refractivity contribution in [1.29, 1.82) is 0 Å². The van der Waals surface area contributed by atoms with E-state index in [9.17, 15) is 0 Å². The first-order valence-corrected chi connectivity index (χ1v) is 8.80. The molecule has 0 radical (unpaired) electrons. The van der Waals surface area contributed by atoms with Crippen LogP contribution in [0, 0.1) is 17.8 Å². The van der Waals surface area contributed by atoms with Crippen molar-refractivity contribution < 1.29 is 0 Å². The Morgan fingerprint density at radius 3 is 2.95 bits per heavy atom. The van der Waals surface area contributed by atoms with Crippen LogP contribution in [0.3, 0.4) is 0 Å². The van der Waals surface area contributed by atoms with E-state index >= 15 is 0 Å². The summed E-state index contributed by atoms with van der Waals surface area (Å²) in [6.07, 6.45) is 8.89. The van der Waals surface area contributed by atoms with Crippen LogP contribution in [0.5, 0.6) is 0 Å². The average Bonchev–Trinajstić information content (AvgIpc) is 3.29. The van der Waals surface area contributed by atoms with Gasteiger partial charge in [0, 0.05) is 31.7 Å². The van der Waals surface area contributed by atoms with Crippen LogP contribution in [-0.2, 0) is 0 Å². The van der Waals surface area contributed by atoms with Crippen molar-refractivity contribution in [3.05, 3.63) is 12.3 Å². The van der Waals surface area contributed by atoms with E-state index < -0.39 is 0 Å². The van der Waals surface area contributed by atoms with Crippen LogP contribution < -0.4 is 15.5 Å². The van der Waals surface area contributed by atoms with E-state index in [2.05, 4.69) is 31.8 Å². The molecule has 1 aromatic heterocycles. The largest absolute Gasteiger partial charge is 0.369 e. The third kappa shape index (κ3) is 2.78. The van der Waals surface area contributed by atoms with Gasteiger partial charge in [0.1, 0.15) is 0 Å². The molecule has 0 amide bonds. The zero-order valence-electron chi connectivity index (χ0n) is 13.5. The summed E-state index contributed by atoms with van der Waals surface area (Å²) in [4.78, 5) is 2.40. The number of nitrogens with one attached hydrogen (secondary N) is 2. The molecule has 1 saturated heterocycles. The summed E-state index contributed by atoms with van der Waals surface area (Å²) in [5.41, 5.74) is 1.20. The molecule has 3 unspecified atom stereocenters. The van der Waals surface area contributed by atoms with Crippen molar-refractivity contribution >= 4 is 11.5 Å². The molecule has 5 nitrogen and oxygen atoms in total. The third-order valence-electron chi connectivity index (χ3n) is 6.03. The Morgan fingerprint density at radius 2 is 2.23 bits per heavy atom. The Hall–Kier alpha value is -1.36. The Kier molecular flexibility index (Phi) is 3.90. The van der Waals surface area contributed by atoms with E-state index in [0.29, 0.717) is 6.04 Å². The van der Waals surface area contributed by atoms with Crippen molar-refractivity contribution in [3.63, 3.8) is 0 Å². The monoisotopic (exact) mass is 301 g/mol. The Morgan fingerprint density at radius 1 is 1.27 bits per heavy atom. The number of fused-ring (bicyclic) bond motifs is 2. The molecular formula is C17H27N5. The topological polar surface area (TPSA) is 53.1 Å². The first kappa shape index (κ1) is 14.2. The molecule has 0 spiro atoms. The van der Waals surface area contributed by atoms with Crippen LogP contribution in [0.4, 0.5) is 11.5 Å². The van der Waals surface area contributed by atoms with Crippen molar-refractivity contribution in [1.82, 2.24) is 15.5 Å². The lowest BCUT2D eigenvalue weighted by Gasteiger charge is -2.22. The summed E-state index contributed by atoms with van der Waals surface area (Å²) >= 11 is 0. The second-order valence-electron chi connectivity index (χ2n) is 7.34. The van der Waals surface area contributed by atoms with E-state index in [1.165, 1.54) is 37.8 Å². The molecule has 4 atom stereocenters. The van der Waals surface area contributed by atoms with Crippen LogP contribution in [0.2, 0.25) is 0 Å². The number of aromatic nitrogens is 2. The SMILES string of the molecule is CN[C@H]1CCN(c2cnnc(NCC3CC4CCC3C4)c2)C1. The lowest BCUT2D eigenvalue weighted by atomic mass is 9.89. The van der Waals surface area contributed by atoms with Crippen molar-refractivity contribution in [2.75, 3.05) is 36.9 Å². The van der Waals surface area contributed by atoms with Gasteiger partial charge in [0.2, 0.25) is 0 Å². The Bertz CT molecular complexity index is 520. The van der Waals surface area contributed by atoms with Gasteiger partial charge in [0.15, 0.2) is 5.82 Å². The fourth-order valence-electron chi connectivity index (χ4n) is 4.71. The molecular weight excluding hydrogens is 274 g/mol. The maximum atomic E-state index is 4.27. The zero-order valence-corrected chi connectivity index (χ0v) is 13.5. The second-order valence-corrected chi connectivity index (χ2v) is 7.34. The van der Waals surface area contributed by atoms with Gasteiger partial charge < -0.3 is 15.5 Å². The summed E-state index contributed by atoms with van der Waals surface area (Å²) in [5, 5.41) is 15.4. The van der Waals surface area contributed by atoms with Crippen LogP contribution in [0.25, 0.3) is 0 Å². The first-order chi connectivity index (χ1) is 10.8. The lowest BCUT2D eigenvalue weighted by molar-refractivity contribution is 0.348. The molecule has 2 aliphatic carbocycles. The van der Waals surface area contributed by atoms with Crippen molar-refractivity contribution in [2.45, 2.75) is 38.1 Å². The van der Waals surface area contributed by atoms with Gasteiger partial charge in [0.05, 0.1) is 11.9 Å². The number of likely N-dealkylation sites (N-methyl/N-ethyl adjacent to an activating group) is 1. The molecule has 4 rings (SSSR count). The van der Waals surface area contributed by atoms with E-state index in [1.807, 2.05) is 13.2 Å². The number of rotatable bonds is 5. The average molecular weight is 301 g/mol. The highest BCUT2D eigenvalue weighted by atomic mass is 15.2. The molecule has 3 aliphatic rings. The summed E-state index contributed by atoms with van der Waals surface area (Å²) in [6.45, 7) is 3.23. The molecule has 3 fully saturated rings. The van der Waals surface area contributed by atoms with E-state index in [0.717, 1.165) is 43.2 Å². The molecule has 5 heteroatoms. The highest BCUT2D eigenvalue weighted by Gasteiger charge is 2.39. The second kappa shape index (κ2) is 6.03. The fourth-order valence-corrected chi connectivity index (χ4v) is 4.71. The molecule has 0 aromatic carbocycles. The van der Waals surface area contributed by atoms with Gasteiger partial charge in [0.25, 0.3) is 0 Å². The quantitative estimate of drug-likeness (QED) is 0.872. The molecule has 22 heavy (non-hydrogen) atoms. The Labute approximate surface area is 132 Å². The van der Waals surface area contributed by atoms with E-state index in [4.69, 9.17) is 0 Å². The molecule has 2 heterocycles. The molecule has 2 N–H and O–H groups in total. The fraction of sp³-hybridized carbons (Fsp3) is 0.765. The van der Waals surface area contributed by atoms with Gasteiger partial charge in [-0.05, 0) is 50.5 Å². The number of hydrogen-bond donors (Lipinski definition) is 2. The molecule has 120 valence electrons.